The number of hydrogen-bond donors (Lipinski definition) is 2. The lowest BCUT2D eigenvalue weighted by Gasteiger charge is -2.13. The molecule has 0 aliphatic carbocycles. The predicted molar refractivity (Wildman–Crippen MR) is 59.4 cm³/mol. The van der Waals surface area contributed by atoms with E-state index in [0.717, 1.165) is 6.42 Å². The summed E-state index contributed by atoms with van der Waals surface area (Å²) in [6.45, 7) is 1.88. The van der Waals surface area contributed by atoms with Crippen molar-refractivity contribution in [2.45, 2.75) is 25.8 Å². The van der Waals surface area contributed by atoms with Crippen molar-refractivity contribution < 1.29 is 9.90 Å². The van der Waals surface area contributed by atoms with Crippen LogP contribution in [0.3, 0.4) is 0 Å². The van der Waals surface area contributed by atoms with Crippen LogP contribution in [0.2, 0.25) is 0 Å². The number of aromatic nitrogens is 2. The lowest BCUT2D eigenvalue weighted by atomic mass is 10.2. The lowest BCUT2D eigenvalue weighted by Crippen LogP contribution is -2.33. The molecule has 2 N–H and O–H groups in total. The Morgan fingerprint density at radius 3 is 2.94 bits per heavy atom. The molecule has 0 radical (unpaired) electrons. The molecule has 6 nitrogen and oxygen atoms in total. The summed E-state index contributed by atoms with van der Waals surface area (Å²) in [7, 11) is 1.59. The smallest absolute Gasteiger partial charge is 0.326 e. The van der Waals surface area contributed by atoms with Gasteiger partial charge in [0.2, 0.25) is 0 Å². The van der Waals surface area contributed by atoms with Gasteiger partial charge in [-0.1, -0.05) is 13.3 Å². The fourth-order valence-corrected chi connectivity index (χ4v) is 1.31. The number of carboxylic acids is 1. The van der Waals surface area contributed by atoms with E-state index < -0.39 is 12.0 Å². The molecule has 0 saturated heterocycles. The van der Waals surface area contributed by atoms with Gasteiger partial charge in [-0.3, -0.25) is 4.79 Å². The molecule has 88 valence electrons. The number of nitrogens with zero attached hydrogens (tertiary/aromatic N) is 2. The number of anilines is 1. The van der Waals surface area contributed by atoms with Crippen molar-refractivity contribution in [1.29, 1.82) is 0 Å². The van der Waals surface area contributed by atoms with E-state index in [-0.39, 0.29) is 11.4 Å². The molecule has 1 aromatic heterocycles. The van der Waals surface area contributed by atoms with Gasteiger partial charge in [-0.25, -0.2) is 9.78 Å². The van der Waals surface area contributed by atoms with E-state index in [9.17, 15) is 9.59 Å². The first-order valence-electron chi connectivity index (χ1n) is 5.07. The van der Waals surface area contributed by atoms with Crippen molar-refractivity contribution in [3.8, 4) is 0 Å². The number of carboxylic acid groups (broad SMARTS) is 1. The quantitative estimate of drug-likeness (QED) is 0.759. The van der Waals surface area contributed by atoms with Crippen LogP contribution in [-0.4, -0.2) is 26.7 Å². The van der Waals surface area contributed by atoms with Crippen molar-refractivity contribution >= 4 is 11.8 Å². The molecule has 6 heteroatoms. The van der Waals surface area contributed by atoms with Crippen molar-refractivity contribution in [1.82, 2.24) is 9.55 Å². The largest absolute Gasteiger partial charge is 0.480 e. The summed E-state index contributed by atoms with van der Waals surface area (Å²) in [5.41, 5.74) is -0.329. The Balaban J connectivity index is 2.89. The molecule has 16 heavy (non-hydrogen) atoms. The summed E-state index contributed by atoms with van der Waals surface area (Å²) in [5, 5.41) is 11.6. The third kappa shape index (κ3) is 2.82. The summed E-state index contributed by atoms with van der Waals surface area (Å²) in [5.74, 6) is -0.902. The van der Waals surface area contributed by atoms with Crippen LogP contribution in [0.5, 0.6) is 0 Å². The SMILES string of the molecule is CCCC(Nc1nccn(C)c1=O)C(=O)O. The van der Waals surface area contributed by atoms with Crippen LogP contribution in [0.4, 0.5) is 5.82 Å². The molecule has 0 aromatic carbocycles. The van der Waals surface area contributed by atoms with Gasteiger partial charge in [0, 0.05) is 19.4 Å². The van der Waals surface area contributed by atoms with Gasteiger partial charge in [0.05, 0.1) is 0 Å². The van der Waals surface area contributed by atoms with E-state index in [1.165, 1.54) is 17.0 Å². The second kappa shape index (κ2) is 5.29. The summed E-state index contributed by atoms with van der Waals surface area (Å²) in [6, 6.07) is -0.771. The fraction of sp³-hybridized carbons (Fsp3) is 0.500. The van der Waals surface area contributed by atoms with Gasteiger partial charge in [0.1, 0.15) is 6.04 Å². The molecule has 0 aliphatic rings. The van der Waals surface area contributed by atoms with Crippen LogP contribution in [-0.2, 0) is 11.8 Å². The summed E-state index contributed by atoms with van der Waals surface area (Å²) in [4.78, 5) is 26.3. The molecule has 0 aliphatic heterocycles. The average molecular weight is 225 g/mol. The molecule has 1 unspecified atom stereocenters. The van der Waals surface area contributed by atoms with Gasteiger partial charge in [0.15, 0.2) is 5.82 Å². The summed E-state index contributed by atoms with van der Waals surface area (Å²) < 4.78 is 1.35. The highest BCUT2D eigenvalue weighted by atomic mass is 16.4. The zero-order valence-corrected chi connectivity index (χ0v) is 9.30. The van der Waals surface area contributed by atoms with Gasteiger partial charge in [-0.2, -0.15) is 0 Å². The minimum absolute atomic E-state index is 0.0749. The first-order valence-corrected chi connectivity index (χ1v) is 5.07. The first-order chi connectivity index (χ1) is 7.56. The molecule has 1 atom stereocenters. The van der Waals surface area contributed by atoms with E-state index >= 15 is 0 Å². The Bertz CT molecular complexity index is 428. The third-order valence-corrected chi connectivity index (χ3v) is 2.20. The highest BCUT2D eigenvalue weighted by Crippen LogP contribution is 2.03. The predicted octanol–water partition coefficient (Wildman–Crippen LogP) is 0.445. The molecule has 0 saturated carbocycles. The van der Waals surface area contributed by atoms with Gasteiger partial charge < -0.3 is 15.0 Å². The number of carbonyl (C=O) groups is 1. The number of aryl methyl sites for hydroxylation is 1. The Labute approximate surface area is 92.9 Å². The molecule has 0 spiro atoms. The van der Waals surface area contributed by atoms with E-state index in [2.05, 4.69) is 10.3 Å². The first kappa shape index (κ1) is 12.2. The second-order valence-electron chi connectivity index (χ2n) is 3.52. The topological polar surface area (TPSA) is 84.2 Å². The van der Waals surface area contributed by atoms with Crippen LogP contribution < -0.4 is 10.9 Å². The Morgan fingerprint density at radius 2 is 2.38 bits per heavy atom. The lowest BCUT2D eigenvalue weighted by molar-refractivity contribution is -0.138. The Hall–Kier alpha value is -1.85. The van der Waals surface area contributed by atoms with Crippen LogP contribution in [0.1, 0.15) is 19.8 Å². The van der Waals surface area contributed by atoms with Crippen LogP contribution in [0.25, 0.3) is 0 Å². The number of nitrogens with one attached hydrogen (secondary N) is 1. The van der Waals surface area contributed by atoms with Crippen LogP contribution in [0.15, 0.2) is 17.2 Å². The molecule has 1 rings (SSSR count). The zero-order valence-electron chi connectivity index (χ0n) is 9.30. The summed E-state index contributed by atoms with van der Waals surface area (Å²) in [6.07, 6.45) is 4.14. The maximum Gasteiger partial charge on any atom is 0.326 e. The van der Waals surface area contributed by atoms with Gasteiger partial charge in [0.25, 0.3) is 5.56 Å². The molecule has 1 aromatic rings. The highest BCUT2D eigenvalue weighted by Gasteiger charge is 2.17. The normalized spacial score (nSPS) is 12.1. The van der Waals surface area contributed by atoms with E-state index in [0.29, 0.717) is 6.42 Å². The van der Waals surface area contributed by atoms with Crippen LogP contribution in [0, 0.1) is 0 Å². The minimum atomic E-state index is -0.977. The Morgan fingerprint density at radius 1 is 1.69 bits per heavy atom. The van der Waals surface area contributed by atoms with Crippen molar-refractivity contribution in [2.24, 2.45) is 7.05 Å². The van der Waals surface area contributed by atoms with Gasteiger partial charge in [-0.05, 0) is 6.42 Å². The van der Waals surface area contributed by atoms with Gasteiger partial charge >= 0.3 is 5.97 Å². The number of hydrogen-bond acceptors (Lipinski definition) is 4. The molecule has 1 heterocycles. The minimum Gasteiger partial charge on any atom is -0.480 e. The average Bonchev–Trinajstić information content (AvgIpc) is 2.23. The second-order valence-corrected chi connectivity index (χ2v) is 3.52. The molecule has 0 bridgehead atoms. The number of aliphatic carboxylic acids is 1. The zero-order chi connectivity index (χ0) is 12.1. The molecule has 0 fully saturated rings. The van der Waals surface area contributed by atoms with E-state index in [1.54, 1.807) is 7.05 Å². The van der Waals surface area contributed by atoms with Gasteiger partial charge in [-0.15, -0.1) is 0 Å². The standard InChI is InChI=1S/C10H15N3O3/c1-3-4-7(10(15)16)12-8-9(14)13(2)6-5-11-8/h5-7H,3-4H2,1-2H3,(H,11,12)(H,15,16). The monoisotopic (exact) mass is 225 g/mol. The maximum absolute atomic E-state index is 11.6. The highest BCUT2D eigenvalue weighted by molar-refractivity contribution is 5.76. The van der Waals surface area contributed by atoms with E-state index in [1.807, 2.05) is 6.92 Å². The Kier molecular flexibility index (Phi) is 4.04. The third-order valence-electron chi connectivity index (χ3n) is 2.20. The molecular formula is C10H15N3O3. The summed E-state index contributed by atoms with van der Waals surface area (Å²) >= 11 is 0. The van der Waals surface area contributed by atoms with Crippen molar-refractivity contribution in [3.05, 3.63) is 22.7 Å². The van der Waals surface area contributed by atoms with E-state index in [4.69, 9.17) is 5.11 Å². The molecular weight excluding hydrogens is 210 g/mol. The molecule has 0 amide bonds. The fourth-order valence-electron chi connectivity index (χ4n) is 1.31. The number of rotatable bonds is 5. The van der Waals surface area contributed by atoms with Crippen molar-refractivity contribution in [2.75, 3.05) is 5.32 Å². The van der Waals surface area contributed by atoms with Crippen LogP contribution >= 0.6 is 0 Å². The van der Waals surface area contributed by atoms with Crippen molar-refractivity contribution in [3.63, 3.8) is 0 Å². The maximum atomic E-state index is 11.6.